The van der Waals surface area contributed by atoms with E-state index in [9.17, 15) is 19.5 Å². The number of nitrogens with zero attached hydrogens (tertiary/aromatic N) is 3. The molecule has 3 heterocycles. The number of benzene rings is 1. The summed E-state index contributed by atoms with van der Waals surface area (Å²) in [6.45, 7) is 1.82. The van der Waals surface area contributed by atoms with E-state index in [1.165, 1.54) is 28.2 Å². The van der Waals surface area contributed by atoms with Crippen LogP contribution in [-0.2, 0) is 20.8 Å². The minimum atomic E-state index is -1.17. The first-order chi connectivity index (χ1) is 14.5. The molecule has 8 nitrogen and oxygen atoms in total. The Morgan fingerprint density at radius 2 is 2.07 bits per heavy atom. The summed E-state index contributed by atoms with van der Waals surface area (Å²) < 4.78 is 3.86. The van der Waals surface area contributed by atoms with Gasteiger partial charge in [0.2, 0.25) is 5.91 Å². The van der Waals surface area contributed by atoms with Gasteiger partial charge in [0.15, 0.2) is 0 Å². The SMILES string of the molecule is Cc1nnsc1C=CC1=C(C(=O)O)N2C(=O)C(NC(=O)Cc3ccccc3)[C@@H]2SC1. The molecule has 0 saturated carbocycles. The zero-order valence-corrected chi connectivity index (χ0v) is 17.6. The summed E-state index contributed by atoms with van der Waals surface area (Å²) in [5.41, 5.74) is 2.11. The van der Waals surface area contributed by atoms with E-state index >= 15 is 0 Å². The third-order valence-corrected chi connectivity index (χ3v) is 6.94. The first-order valence-corrected chi connectivity index (χ1v) is 11.0. The zero-order chi connectivity index (χ0) is 21.3. The zero-order valence-electron chi connectivity index (χ0n) is 15.9. The maximum Gasteiger partial charge on any atom is 0.352 e. The molecule has 0 spiro atoms. The number of rotatable bonds is 6. The van der Waals surface area contributed by atoms with Gasteiger partial charge in [0.25, 0.3) is 5.91 Å². The fourth-order valence-corrected chi connectivity index (χ4v) is 5.22. The van der Waals surface area contributed by atoms with Crippen molar-refractivity contribution in [2.75, 3.05) is 5.75 Å². The van der Waals surface area contributed by atoms with Crippen molar-refractivity contribution in [3.63, 3.8) is 0 Å². The van der Waals surface area contributed by atoms with Crippen LogP contribution in [0.5, 0.6) is 0 Å². The van der Waals surface area contributed by atoms with Gasteiger partial charge in [-0.1, -0.05) is 40.9 Å². The van der Waals surface area contributed by atoms with Gasteiger partial charge in [-0.15, -0.1) is 16.9 Å². The molecule has 1 unspecified atom stereocenters. The molecule has 2 N–H and O–H groups in total. The Morgan fingerprint density at radius 1 is 1.30 bits per heavy atom. The predicted octanol–water partition coefficient (Wildman–Crippen LogP) is 1.84. The highest BCUT2D eigenvalue weighted by atomic mass is 32.2. The molecule has 2 aromatic rings. The number of carboxylic acid groups (broad SMARTS) is 1. The molecule has 0 aliphatic carbocycles. The molecule has 2 atom stereocenters. The summed E-state index contributed by atoms with van der Waals surface area (Å²) in [5, 5.41) is 16.0. The molecule has 2 aliphatic heterocycles. The largest absolute Gasteiger partial charge is 0.477 e. The second-order valence-corrected chi connectivity index (χ2v) is 8.74. The number of nitrogens with one attached hydrogen (secondary N) is 1. The molecule has 1 aromatic heterocycles. The molecule has 10 heteroatoms. The lowest BCUT2D eigenvalue weighted by atomic mass is 10.0. The van der Waals surface area contributed by atoms with E-state index in [4.69, 9.17) is 0 Å². The number of thioether (sulfide) groups is 1. The van der Waals surface area contributed by atoms with Gasteiger partial charge in [-0.25, -0.2) is 4.79 Å². The van der Waals surface area contributed by atoms with E-state index in [0.717, 1.165) is 16.1 Å². The Bertz CT molecular complexity index is 1060. The minimum absolute atomic E-state index is 0.0383. The second kappa shape index (κ2) is 8.41. The number of aromatic nitrogens is 2. The number of hydrogen-bond acceptors (Lipinski definition) is 7. The second-order valence-electron chi connectivity index (χ2n) is 6.85. The molecule has 154 valence electrons. The molecule has 1 fully saturated rings. The van der Waals surface area contributed by atoms with Crippen LogP contribution >= 0.6 is 23.3 Å². The summed E-state index contributed by atoms with van der Waals surface area (Å²) in [4.78, 5) is 39.0. The monoisotopic (exact) mass is 442 g/mol. The number of carbonyl (C=O) groups excluding carboxylic acids is 2. The molecule has 1 aromatic carbocycles. The normalized spacial score (nSPS) is 20.8. The van der Waals surface area contributed by atoms with E-state index in [1.807, 2.05) is 37.3 Å². The summed E-state index contributed by atoms with van der Waals surface area (Å²) in [6, 6.07) is 8.52. The van der Waals surface area contributed by atoms with Crippen molar-refractivity contribution in [2.24, 2.45) is 0 Å². The molecular formula is C20H18N4O4S2. The highest BCUT2D eigenvalue weighted by Crippen LogP contribution is 2.40. The van der Waals surface area contributed by atoms with Crippen LogP contribution in [0.1, 0.15) is 16.1 Å². The number of amides is 2. The van der Waals surface area contributed by atoms with Crippen molar-refractivity contribution in [1.82, 2.24) is 19.8 Å². The van der Waals surface area contributed by atoms with Crippen molar-refractivity contribution >= 4 is 47.2 Å². The number of aliphatic carboxylic acids is 1. The highest BCUT2D eigenvalue weighted by molar-refractivity contribution is 8.00. The Balaban J connectivity index is 1.49. The van der Waals surface area contributed by atoms with Crippen molar-refractivity contribution in [1.29, 1.82) is 0 Å². The minimum Gasteiger partial charge on any atom is -0.477 e. The lowest BCUT2D eigenvalue weighted by Gasteiger charge is -2.49. The first kappa shape index (κ1) is 20.3. The lowest BCUT2D eigenvalue weighted by Crippen LogP contribution is -2.70. The van der Waals surface area contributed by atoms with Crippen molar-refractivity contribution < 1.29 is 19.5 Å². The number of carbonyl (C=O) groups is 3. The van der Waals surface area contributed by atoms with Gasteiger partial charge in [0.1, 0.15) is 17.1 Å². The van der Waals surface area contributed by atoms with Gasteiger partial charge >= 0.3 is 5.97 Å². The fraction of sp³-hybridized carbons (Fsp3) is 0.250. The van der Waals surface area contributed by atoms with Gasteiger partial charge in [0, 0.05) is 5.75 Å². The Hall–Kier alpha value is -2.98. The number of hydrogen-bond donors (Lipinski definition) is 2. The summed E-state index contributed by atoms with van der Waals surface area (Å²) in [7, 11) is 0. The third-order valence-electron chi connectivity index (χ3n) is 4.85. The van der Waals surface area contributed by atoms with E-state index in [-0.39, 0.29) is 18.0 Å². The first-order valence-electron chi connectivity index (χ1n) is 9.17. The van der Waals surface area contributed by atoms with Gasteiger partial charge in [-0.2, -0.15) is 0 Å². The molecule has 0 bridgehead atoms. The van der Waals surface area contributed by atoms with Crippen molar-refractivity contribution in [3.05, 3.63) is 63.8 Å². The predicted molar refractivity (Wildman–Crippen MR) is 114 cm³/mol. The van der Waals surface area contributed by atoms with Crippen LogP contribution in [-0.4, -0.2) is 54.5 Å². The van der Waals surface area contributed by atoms with Crippen LogP contribution in [0.15, 0.2) is 47.7 Å². The van der Waals surface area contributed by atoms with Gasteiger partial charge in [0.05, 0.1) is 17.0 Å². The quantitative estimate of drug-likeness (QED) is 0.657. The number of fused-ring (bicyclic) bond motifs is 1. The average Bonchev–Trinajstić information content (AvgIpc) is 3.15. The van der Waals surface area contributed by atoms with Gasteiger partial charge in [-0.05, 0) is 35.7 Å². The van der Waals surface area contributed by atoms with E-state index < -0.39 is 23.3 Å². The van der Waals surface area contributed by atoms with Crippen LogP contribution in [0.3, 0.4) is 0 Å². The van der Waals surface area contributed by atoms with Crippen LogP contribution in [0, 0.1) is 6.92 Å². The van der Waals surface area contributed by atoms with E-state index in [0.29, 0.717) is 11.3 Å². The summed E-state index contributed by atoms with van der Waals surface area (Å²) >= 11 is 2.65. The molecule has 1 saturated heterocycles. The topological polar surface area (TPSA) is 112 Å². The van der Waals surface area contributed by atoms with Gasteiger partial charge in [-0.3, -0.25) is 14.5 Å². The standard InChI is InChI=1S/C20H18N4O4S2/c1-11-14(30-23-22-11)8-7-13-10-29-19-16(18(26)24(19)17(13)20(27)28)21-15(25)9-12-5-3-2-4-6-12/h2-8,16,19H,9-10H2,1H3,(H,21,25)(H,27,28)/t16?,19-/m0/s1. The average molecular weight is 443 g/mol. The molecule has 0 radical (unpaired) electrons. The fourth-order valence-electron chi connectivity index (χ4n) is 3.35. The number of β-lactam (4-membered cyclic amide) rings is 1. The van der Waals surface area contributed by atoms with E-state index in [1.54, 1.807) is 12.2 Å². The summed E-state index contributed by atoms with van der Waals surface area (Å²) in [5.74, 6) is -1.42. The molecule has 30 heavy (non-hydrogen) atoms. The molecule has 2 aliphatic rings. The Labute approximate surface area is 180 Å². The molecule has 4 rings (SSSR count). The van der Waals surface area contributed by atoms with Crippen LogP contribution < -0.4 is 5.32 Å². The number of carboxylic acids is 1. The van der Waals surface area contributed by atoms with Crippen molar-refractivity contribution in [2.45, 2.75) is 24.8 Å². The van der Waals surface area contributed by atoms with Crippen LogP contribution in [0.25, 0.3) is 6.08 Å². The van der Waals surface area contributed by atoms with E-state index in [2.05, 4.69) is 14.9 Å². The molecular weight excluding hydrogens is 424 g/mol. The smallest absolute Gasteiger partial charge is 0.352 e. The lowest BCUT2D eigenvalue weighted by molar-refractivity contribution is -0.150. The number of allylic oxidation sites excluding steroid dienone is 1. The Kier molecular flexibility index (Phi) is 5.69. The van der Waals surface area contributed by atoms with Crippen molar-refractivity contribution in [3.8, 4) is 0 Å². The summed E-state index contributed by atoms with van der Waals surface area (Å²) in [6.07, 6.45) is 3.63. The van der Waals surface area contributed by atoms with Crippen LogP contribution in [0.2, 0.25) is 0 Å². The van der Waals surface area contributed by atoms with Gasteiger partial charge < -0.3 is 10.4 Å². The van der Waals surface area contributed by atoms with Crippen LogP contribution in [0.4, 0.5) is 0 Å². The maximum absolute atomic E-state index is 12.7. The maximum atomic E-state index is 12.7. The third kappa shape index (κ3) is 3.88. The highest BCUT2D eigenvalue weighted by Gasteiger charge is 2.53. The molecule has 2 amide bonds. The Morgan fingerprint density at radius 3 is 2.73 bits per heavy atom. The number of aryl methyl sites for hydroxylation is 1.